The third-order valence-corrected chi connectivity index (χ3v) is 7.51. The molecule has 1 saturated carbocycles. The zero-order valence-electron chi connectivity index (χ0n) is 21.0. The molecule has 2 amide bonds. The van der Waals surface area contributed by atoms with Gasteiger partial charge in [-0.1, -0.05) is 11.6 Å². The molecule has 0 bridgehead atoms. The average molecular weight is 587 g/mol. The standard InChI is InChI=1S/C29H20ClF5N4O2/c30-24-4-1-18(31)10-21(24)23-12-36-28(41)22-7-14(16-11-37-39(13-16)20-2-3-20)8-25(26(22)23)38-27(40)15-5-17(29(33,34)35)9-19(32)6-15/h1,4-11,13,20,23H,2-3,12H2,(H,36,41)(H,38,40). The largest absolute Gasteiger partial charge is 0.416 e. The summed E-state index contributed by atoms with van der Waals surface area (Å²) in [5.41, 5.74) is 0.112. The Hall–Kier alpha value is -4.25. The fourth-order valence-corrected chi connectivity index (χ4v) is 5.28. The summed E-state index contributed by atoms with van der Waals surface area (Å²) < 4.78 is 70.2. The molecule has 2 heterocycles. The number of nitrogens with one attached hydrogen (secondary N) is 2. The maximum atomic E-state index is 14.3. The molecule has 0 spiro atoms. The Kier molecular flexibility index (Phi) is 6.56. The number of hydrogen-bond acceptors (Lipinski definition) is 3. The second-order valence-electron chi connectivity index (χ2n) is 10.0. The van der Waals surface area contributed by atoms with Gasteiger partial charge in [0, 0.05) is 46.1 Å². The van der Waals surface area contributed by atoms with E-state index in [0.717, 1.165) is 12.8 Å². The van der Waals surface area contributed by atoms with Crippen LogP contribution in [-0.4, -0.2) is 28.1 Å². The predicted octanol–water partition coefficient (Wildman–Crippen LogP) is 6.96. The summed E-state index contributed by atoms with van der Waals surface area (Å²) in [5, 5.41) is 9.93. The minimum absolute atomic E-state index is 0.00895. The Morgan fingerprint density at radius 2 is 1.80 bits per heavy atom. The summed E-state index contributed by atoms with van der Waals surface area (Å²) in [7, 11) is 0. The first-order valence-electron chi connectivity index (χ1n) is 12.6. The molecule has 1 aliphatic heterocycles. The minimum Gasteiger partial charge on any atom is -0.351 e. The van der Waals surface area contributed by atoms with Crippen LogP contribution in [-0.2, 0) is 6.18 Å². The first-order valence-corrected chi connectivity index (χ1v) is 13.0. The maximum Gasteiger partial charge on any atom is 0.416 e. The number of carbonyl (C=O) groups is 2. The number of nitrogens with zero attached hydrogens (tertiary/aromatic N) is 2. The summed E-state index contributed by atoms with van der Waals surface area (Å²) in [6.45, 7) is 0.00895. The van der Waals surface area contributed by atoms with E-state index >= 15 is 0 Å². The lowest BCUT2D eigenvalue weighted by Crippen LogP contribution is -2.36. The smallest absolute Gasteiger partial charge is 0.351 e. The molecule has 1 fully saturated rings. The molecule has 0 radical (unpaired) electrons. The van der Waals surface area contributed by atoms with E-state index in [0.29, 0.717) is 40.5 Å². The molecule has 1 unspecified atom stereocenters. The number of hydrogen-bond donors (Lipinski definition) is 2. The molecule has 41 heavy (non-hydrogen) atoms. The van der Waals surface area contributed by atoms with Gasteiger partial charge in [0.05, 0.1) is 17.8 Å². The molecular weight excluding hydrogens is 567 g/mol. The van der Waals surface area contributed by atoms with Gasteiger partial charge in [0.15, 0.2) is 0 Å². The summed E-state index contributed by atoms with van der Waals surface area (Å²) in [5.74, 6) is -4.03. The molecule has 2 N–H and O–H groups in total. The van der Waals surface area contributed by atoms with Crippen LogP contribution in [0.4, 0.5) is 27.6 Å². The topological polar surface area (TPSA) is 76.0 Å². The zero-order valence-corrected chi connectivity index (χ0v) is 21.8. The number of rotatable bonds is 5. The van der Waals surface area contributed by atoms with Crippen LogP contribution in [0.15, 0.2) is 60.9 Å². The lowest BCUT2D eigenvalue weighted by Gasteiger charge is -2.30. The van der Waals surface area contributed by atoms with E-state index in [4.69, 9.17) is 11.6 Å². The first-order chi connectivity index (χ1) is 19.5. The van der Waals surface area contributed by atoms with Crippen molar-refractivity contribution >= 4 is 29.1 Å². The van der Waals surface area contributed by atoms with E-state index in [1.165, 1.54) is 18.2 Å². The van der Waals surface area contributed by atoms with Gasteiger partial charge in [-0.25, -0.2) is 8.78 Å². The van der Waals surface area contributed by atoms with Crippen molar-refractivity contribution in [2.75, 3.05) is 11.9 Å². The van der Waals surface area contributed by atoms with Crippen LogP contribution >= 0.6 is 11.6 Å². The van der Waals surface area contributed by atoms with Crippen molar-refractivity contribution in [1.29, 1.82) is 0 Å². The van der Waals surface area contributed by atoms with Crippen LogP contribution in [0.25, 0.3) is 11.1 Å². The number of fused-ring (bicyclic) bond motifs is 1. The van der Waals surface area contributed by atoms with Gasteiger partial charge in [-0.3, -0.25) is 14.3 Å². The number of benzene rings is 3. The molecule has 2 aliphatic rings. The Morgan fingerprint density at radius 1 is 1.02 bits per heavy atom. The molecule has 6 nitrogen and oxygen atoms in total. The molecule has 4 aromatic rings. The van der Waals surface area contributed by atoms with Gasteiger partial charge in [0.1, 0.15) is 11.6 Å². The number of aromatic nitrogens is 2. The predicted molar refractivity (Wildman–Crippen MR) is 141 cm³/mol. The average Bonchev–Trinajstić information content (AvgIpc) is 3.66. The summed E-state index contributed by atoms with van der Waals surface area (Å²) in [6.07, 6.45) is 0.497. The number of halogens is 6. The maximum absolute atomic E-state index is 14.3. The lowest BCUT2D eigenvalue weighted by molar-refractivity contribution is -0.137. The molecule has 6 rings (SSSR count). The third kappa shape index (κ3) is 5.29. The number of amides is 2. The molecule has 0 saturated heterocycles. The van der Waals surface area contributed by atoms with E-state index in [-0.39, 0.29) is 28.9 Å². The molecule has 12 heteroatoms. The van der Waals surface area contributed by atoms with E-state index < -0.39 is 46.7 Å². The van der Waals surface area contributed by atoms with Crippen LogP contribution in [0.5, 0.6) is 0 Å². The van der Waals surface area contributed by atoms with Crippen molar-refractivity contribution in [3.8, 4) is 11.1 Å². The molecule has 1 aliphatic carbocycles. The highest BCUT2D eigenvalue weighted by atomic mass is 35.5. The van der Waals surface area contributed by atoms with E-state index in [2.05, 4.69) is 15.7 Å². The Balaban J connectivity index is 1.50. The van der Waals surface area contributed by atoms with Crippen molar-refractivity contribution in [3.63, 3.8) is 0 Å². The molecule has 210 valence electrons. The summed E-state index contributed by atoms with van der Waals surface area (Å²) in [6, 6.07) is 8.74. The van der Waals surface area contributed by atoms with Crippen LogP contribution < -0.4 is 10.6 Å². The zero-order chi connectivity index (χ0) is 29.1. The van der Waals surface area contributed by atoms with E-state index in [1.807, 2.05) is 0 Å². The van der Waals surface area contributed by atoms with Gasteiger partial charge < -0.3 is 10.6 Å². The van der Waals surface area contributed by atoms with Crippen LogP contribution in [0.2, 0.25) is 5.02 Å². The van der Waals surface area contributed by atoms with Crippen LogP contribution in [0.3, 0.4) is 0 Å². The Morgan fingerprint density at radius 3 is 2.54 bits per heavy atom. The highest BCUT2D eigenvalue weighted by Gasteiger charge is 2.34. The second-order valence-corrected chi connectivity index (χ2v) is 10.4. The molecule has 3 aromatic carbocycles. The quantitative estimate of drug-likeness (QED) is 0.248. The fraction of sp³-hybridized carbons (Fsp3) is 0.207. The summed E-state index contributed by atoms with van der Waals surface area (Å²) >= 11 is 6.40. The monoisotopic (exact) mass is 586 g/mol. The van der Waals surface area contributed by atoms with Crippen LogP contribution in [0, 0.1) is 11.6 Å². The van der Waals surface area contributed by atoms with Crippen molar-refractivity contribution in [1.82, 2.24) is 15.1 Å². The Bertz CT molecular complexity index is 1710. The van der Waals surface area contributed by atoms with Gasteiger partial charge in [0.25, 0.3) is 11.8 Å². The normalized spacial score (nSPS) is 16.7. The van der Waals surface area contributed by atoms with Gasteiger partial charge in [-0.15, -0.1) is 0 Å². The highest BCUT2D eigenvalue weighted by Crippen LogP contribution is 2.42. The SMILES string of the molecule is O=C(Nc1cc(-c2cnn(C3CC3)c2)cc2c1C(c1cc(F)ccc1Cl)CNC2=O)c1cc(F)cc(C(F)(F)F)c1. The van der Waals surface area contributed by atoms with Crippen molar-refractivity contribution in [3.05, 3.63) is 105 Å². The number of alkyl halides is 3. The summed E-state index contributed by atoms with van der Waals surface area (Å²) in [4.78, 5) is 26.4. The van der Waals surface area contributed by atoms with E-state index in [1.54, 1.807) is 29.2 Å². The second kappa shape index (κ2) is 9.99. The van der Waals surface area contributed by atoms with Crippen molar-refractivity contribution in [2.45, 2.75) is 31.0 Å². The molecule has 1 atom stereocenters. The first kappa shape index (κ1) is 26.9. The van der Waals surface area contributed by atoms with Gasteiger partial charge in [-0.05, 0) is 78.1 Å². The van der Waals surface area contributed by atoms with Gasteiger partial charge in [-0.2, -0.15) is 18.3 Å². The minimum atomic E-state index is -4.88. The van der Waals surface area contributed by atoms with Gasteiger partial charge >= 0.3 is 6.18 Å². The fourth-order valence-electron chi connectivity index (χ4n) is 5.03. The number of carbonyl (C=O) groups excluding carboxylic acids is 2. The van der Waals surface area contributed by atoms with Crippen LogP contribution in [0.1, 0.15) is 62.2 Å². The molecule has 1 aromatic heterocycles. The third-order valence-electron chi connectivity index (χ3n) is 7.16. The lowest BCUT2D eigenvalue weighted by atomic mass is 9.82. The van der Waals surface area contributed by atoms with Crippen molar-refractivity contribution in [2.24, 2.45) is 0 Å². The van der Waals surface area contributed by atoms with E-state index in [9.17, 15) is 31.5 Å². The van der Waals surface area contributed by atoms with Crippen molar-refractivity contribution < 1.29 is 31.5 Å². The van der Waals surface area contributed by atoms with Gasteiger partial charge in [0.2, 0.25) is 0 Å². The highest BCUT2D eigenvalue weighted by molar-refractivity contribution is 6.31. The Labute approximate surface area is 235 Å². The number of anilines is 1. The molecular formula is C29H20ClF5N4O2.